The molecule has 4 nitrogen and oxygen atoms in total. The van der Waals surface area contributed by atoms with Gasteiger partial charge in [-0.2, -0.15) is 0 Å². The number of methoxy groups -OCH3 is 2. The van der Waals surface area contributed by atoms with Crippen molar-refractivity contribution in [3.05, 3.63) is 23.8 Å². The van der Waals surface area contributed by atoms with Crippen LogP contribution in [-0.2, 0) is 4.74 Å². The summed E-state index contributed by atoms with van der Waals surface area (Å²) in [6.07, 6.45) is 1.81. The van der Waals surface area contributed by atoms with Crippen molar-refractivity contribution in [1.82, 2.24) is 0 Å². The van der Waals surface area contributed by atoms with Gasteiger partial charge in [-0.1, -0.05) is 0 Å². The number of hydrogen-bond acceptors (Lipinski definition) is 4. The minimum Gasteiger partial charge on any atom is -0.497 e. The number of ether oxygens (including phenoxy) is 3. The van der Waals surface area contributed by atoms with E-state index in [0.29, 0.717) is 23.7 Å². The first-order valence-corrected chi connectivity index (χ1v) is 6.10. The molecule has 1 aromatic rings. The predicted octanol–water partition coefficient (Wildman–Crippen LogP) is 2.31. The van der Waals surface area contributed by atoms with E-state index in [-0.39, 0.29) is 11.7 Å². The van der Waals surface area contributed by atoms with E-state index in [9.17, 15) is 4.79 Å². The second-order valence-electron chi connectivity index (χ2n) is 4.34. The van der Waals surface area contributed by atoms with E-state index in [1.54, 1.807) is 32.4 Å². The van der Waals surface area contributed by atoms with Crippen LogP contribution in [0, 0.1) is 5.92 Å². The Hall–Kier alpha value is -1.55. The molecular weight excluding hydrogens is 232 g/mol. The molecule has 18 heavy (non-hydrogen) atoms. The lowest BCUT2D eigenvalue weighted by atomic mass is 9.92. The summed E-state index contributed by atoms with van der Waals surface area (Å²) in [4.78, 5) is 12.4. The fourth-order valence-electron chi connectivity index (χ4n) is 2.17. The highest BCUT2D eigenvalue weighted by Crippen LogP contribution is 2.28. The van der Waals surface area contributed by atoms with E-state index in [1.165, 1.54) is 0 Å². The van der Waals surface area contributed by atoms with Crippen molar-refractivity contribution in [3.8, 4) is 11.5 Å². The Morgan fingerprint density at radius 2 is 2.17 bits per heavy atom. The average molecular weight is 250 g/mol. The summed E-state index contributed by atoms with van der Waals surface area (Å²) in [6, 6.07) is 5.28. The van der Waals surface area contributed by atoms with Gasteiger partial charge in [-0.15, -0.1) is 0 Å². The Morgan fingerprint density at radius 1 is 1.33 bits per heavy atom. The summed E-state index contributed by atoms with van der Waals surface area (Å²) in [5, 5.41) is 0. The van der Waals surface area contributed by atoms with Crippen molar-refractivity contribution in [2.24, 2.45) is 5.92 Å². The molecule has 0 N–H and O–H groups in total. The highest BCUT2D eigenvalue weighted by atomic mass is 16.5. The maximum atomic E-state index is 12.4. The zero-order valence-corrected chi connectivity index (χ0v) is 10.8. The molecule has 2 rings (SSSR count). The van der Waals surface area contributed by atoms with Crippen LogP contribution in [-0.4, -0.2) is 33.2 Å². The molecule has 1 aliphatic heterocycles. The van der Waals surface area contributed by atoms with E-state index in [1.807, 2.05) is 0 Å². The zero-order chi connectivity index (χ0) is 13.0. The normalized spacial score (nSPS) is 19.3. The number of hydrogen-bond donors (Lipinski definition) is 0. The van der Waals surface area contributed by atoms with Crippen LogP contribution >= 0.6 is 0 Å². The monoisotopic (exact) mass is 250 g/mol. The fourth-order valence-corrected chi connectivity index (χ4v) is 2.17. The van der Waals surface area contributed by atoms with Gasteiger partial charge in [0.15, 0.2) is 5.78 Å². The van der Waals surface area contributed by atoms with Gasteiger partial charge in [0.05, 0.1) is 26.4 Å². The molecule has 0 aliphatic carbocycles. The van der Waals surface area contributed by atoms with Gasteiger partial charge in [-0.3, -0.25) is 4.79 Å². The molecule has 4 heteroatoms. The molecule has 1 atom stereocenters. The number of carbonyl (C=O) groups is 1. The van der Waals surface area contributed by atoms with Crippen LogP contribution in [0.25, 0.3) is 0 Å². The molecule has 1 unspecified atom stereocenters. The Balaban J connectivity index is 2.26. The quantitative estimate of drug-likeness (QED) is 0.769. The molecule has 0 bridgehead atoms. The number of Topliss-reactive ketones (excluding diaryl/α,β-unsaturated/α-hetero) is 1. The summed E-state index contributed by atoms with van der Waals surface area (Å²) >= 11 is 0. The second kappa shape index (κ2) is 5.87. The van der Waals surface area contributed by atoms with Gasteiger partial charge in [-0.05, 0) is 31.0 Å². The highest BCUT2D eigenvalue weighted by Gasteiger charge is 2.25. The maximum absolute atomic E-state index is 12.4. The molecule has 0 radical (unpaired) electrons. The lowest BCUT2D eigenvalue weighted by Gasteiger charge is -2.21. The summed E-state index contributed by atoms with van der Waals surface area (Å²) < 4.78 is 15.8. The van der Waals surface area contributed by atoms with Gasteiger partial charge in [0, 0.05) is 12.5 Å². The van der Waals surface area contributed by atoms with E-state index in [0.717, 1.165) is 19.4 Å². The molecule has 1 fully saturated rings. The van der Waals surface area contributed by atoms with Crippen LogP contribution in [0.2, 0.25) is 0 Å². The van der Waals surface area contributed by atoms with Crippen molar-refractivity contribution in [2.75, 3.05) is 27.4 Å². The molecule has 1 aromatic carbocycles. The maximum Gasteiger partial charge on any atom is 0.172 e. The van der Waals surface area contributed by atoms with Gasteiger partial charge < -0.3 is 14.2 Å². The lowest BCUT2D eigenvalue weighted by molar-refractivity contribution is 0.0459. The smallest absolute Gasteiger partial charge is 0.172 e. The van der Waals surface area contributed by atoms with Gasteiger partial charge >= 0.3 is 0 Å². The van der Waals surface area contributed by atoms with Crippen molar-refractivity contribution in [2.45, 2.75) is 12.8 Å². The molecule has 1 saturated heterocycles. The third-order valence-corrected chi connectivity index (χ3v) is 3.20. The Bertz CT molecular complexity index is 422. The van der Waals surface area contributed by atoms with E-state index in [2.05, 4.69) is 0 Å². The summed E-state index contributed by atoms with van der Waals surface area (Å²) in [5.41, 5.74) is 0.576. The SMILES string of the molecule is COc1ccc(OC)c(C(=O)C2CCCOC2)c1. The first-order valence-electron chi connectivity index (χ1n) is 6.10. The molecule has 0 aromatic heterocycles. The molecule has 98 valence electrons. The minimum atomic E-state index is -0.0697. The highest BCUT2D eigenvalue weighted by molar-refractivity contribution is 6.00. The summed E-state index contributed by atoms with van der Waals surface area (Å²) in [5.74, 6) is 1.26. The molecular formula is C14H18O4. The van der Waals surface area contributed by atoms with Crippen LogP contribution < -0.4 is 9.47 Å². The number of carbonyl (C=O) groups excluding carboxylic acids is 1. The molecule has 0 spiro atoms. The van der Waals surface area contributed by atoms with Gasteiger partial charge in [0.2, 0.25) is 0 Å². The van der Waals surface area contributed by atoms with Crippen molar-refractivity contribution >= 4 is 5.78 Å². The van der Waals surface area contributed by atoms with Crippen molar-refractivity contribution < 1.29 is 19.0 Å². The van der Waals surface area contributed by atoms with Crippen molar-refractivity contribution in [3.63, 3.8) is 0 Å². The van der Waals surface area contributed by atoms with Crippen LogP contribution in [0.4, 0.5) is 0 Å². The molecule has 0 amide bonds. The van der Waals surface area contributed by atoms with E-state index in [4.69, 9.17) is 14.2 Å². The third kappa shape index (κ3) is 2.64. The first-order chi connectivity index (χ1) is 8.76. The summed E-state index contributed by atoms with van der Waals surface area (Å²) in [7, 11) is 3.15. The van der Waals surface area contributed by atoms with Crippen LogP contribution in [0.1, 0.15) is 23.2 Å². The standard InChI is InChI=1S/C14H18O4/c1-16-11-5-6-13(17-2)12(8-11)14(15)10-4-3-7-18-9-10/h5-6,8,10H,3-4,7,9H2,1-2H3. The van der Waals surface area contributed by atoms with Crippen LogP contribution in [0.3, 0.4) is 0 Å². The van der Waals surface area contributed by atoms with Crippen LogP contribution in [0.5, 0.6) is 11.5 Å². The number of ketones is 1. The third-order valence-electron chi connectivity index (χ3n) is 3.20. The van der Waals surface area contributed by atoms with Gasteiger partial charge in [0.1, 0.15) is 11.5 Å². The van der Waals surface area contributed by atoms with Crippen molar-refractivity contribution in [1.29, 1.82) is 0 Å². The first kappa shape index (κ1) is 12.9. The minimum absolute atomic E-state index is 0.0697. The topological polar surface area (TPSA) is 44.8 Å². The largest absolute Gasteiger partial charge is 0.497 e. The zero-order valence-electron chi connectivity index (χ0n) is 10.8. The second-order valence-corrected chi connectivity index (χ2v) is 4.34. The van der Waals surface area contributed by atoms with Gasteiger partial charge in [0.25, 0.3) is 0 Å². The number of benzene rings is 1. The van der Waals surface area contributed by atoms with Crippen LogP contribution in [0.15, 0.2) is 18.2 Å². The number of rotatable bonds is 4. The molecule has 0 saturated carbocycles. The molecule has 1 aliphatic rings. The Labute approximate surface area is 107 Å². The van der Waals surface area contributed by atoms with E-state index >= 15 is 0 Å². The van der Waals surface area contributed by atoms with E-state index < -0.39 is 0 Å². The lowest BCUT2D eigenvalue weighted by Crippen LogP contribution is -2.25. The van der Waals surface area contributed by atoms with Gasteiger partial charge in [-0.25, -0.2) is 0 Å². The average Bonchev–Trinajstić information content (AvgIpc) is 2.46. The summed E-state index contributed by atoms with van der Waals surface area (Å²) in [6.45, 7) is 1.25. The molecule has 1 heterocycles. The predicted molar refractivity (Wildman–Crippen MR) is 67.4 cm³/mol. The Kier molecular flexibility index (Phi) is 4.20. The fraction of sp³-hybridized carbons (Fsp3) is 0.500. The Morgan fingerprint density at radius 3 is 2.78 bits per heavy atom.